The number of rotatable bonds is 2. The highest BCUT2D eigenvalue weighted by Crippen LogP contribution is 2.35. The van der Waals surface area contributed by atoms with E-state index in [2.05, 4.69) is 15.9 Å². The zero-order valence-corrected chi connectivity index (χ0v) is 10.9. The van der Waals surface area contributed by atoms with Gasteiger partial charge in [0, 0.05) is 14.9 Å². The number of halogens is 1. The van der Waals surface area contributed by atoms with Crippen LogP contribution in [0.2, 0.25) is 0 Å². The third-order valence-electron chi connectivity index (χ3n) is 2.15. The Balaban J connectivity index is 2.35. The van der Waals surface area contributed by atoms with Gasteiger partial charge in [0.1, 0.15) is 11.9 Å². The Kier molecular flexibility index (Phi) is 3.00. The van der Waals surface area contributed by atoms with Gasteiger partial charge >= 0.3 is 0 Å². The maximum atomic E-state index is 10.1. The second-order valence-electron chi connectivity index (χ2n) is 3.46. The van der Waals surface area contributed by atoms with E-state index in [9.17, 15) is 5.11 Å². The smallest absolute Gasteiger partial charge is 0.117 e. The van der Waals surface area contributed by atoms with Crippen molar-refractivity contribution in [3.8, 4) is 0 Å². The van der Waals surface area contributed by atoms with Gasteiger partial charge in [-0.15, -0.1) is 11.3 Å². The molecule has 15 heavy (non-hydrogen) atoms. The van der Waals surface area contributed by atoms with Crippen LogP contribution in [0.15, 0.2) is 27.3 Å². The normalized spacial score (nSPS) is 13.1. The van der Waals surface area contributed by atoms with Crippen LogP contribution in [0, 0.1) is 13.8 Å². The maximum Gasteiger partial charge on any atom is 0.117 e. The number of furan rings is 1. The Morgan fingerprint density at radius 3 is 2.60 bits per heavy atom. The van der Waals surface area contributed by atoms with E-state index in [1.165, 1.54) is 4.88 Å². The summed E-state index contributed by atoms with van der Waals surface area (Å²) in [6.07, 6.45) is 0.997. The van der Waals surface area contributed by atoms with Gasteiger partial charge in [-0.1, -0.05) is 0 Å². The Morgan fingerprint density at radius 2 is 2.13 bits per heavy atom. The summed E-state index contributed by atoms with van der Waals surface area (Å²) in [6, 6.07) is 3.86. The van der Waals surface area contributed by atoms with Crippen LogP contribution in [0.25, 0.3) is 0 Å². The SMILES string of the molecule is Cc1cc(C(O)c2sc(C)cc2Br)co1. The first-order valence-electron chi connectivity index (χ1n) is 4.57. The van der Waals surface area contributed by atoms with Crippen molar-refractivity contribution in [2.75, 3.05) is 0 Å². The molecule has 2 aromatic rings. The average molecular weight is 287 g/mol. The van der Waals surface area contributed by atoms with Crippen LogP contribution < -0.4 is 0 Å². The standard InChI is InChI=1S/C11H11BrO2S/c1-6-3-8(5-14-6)10(13)11-9(12)4-7(2)15-11/h3-5,10,13H,1-2H3. The van der Waals surface area contributed by atoms with Gasteiger partial charge in [0.15, 0.2) is 0 Å². The molecule has 1 unspecified atom stereocenters. The molecule has 0 spiro atoms. The number of hydrogen-bond acceptors (Lipinski definition) is 3. The molecule has 2 rings (SSSR count). The minimum Gasteiger partial charge on any atom is -0.469 e. The van der Waals surface area contributed by atoms with E-state index in [0.717, 1.165) is 20.7 Å². The molecule has 0 bridgehead atoms. The predicted molar refractivity (Wildman–Crippen MR) is 64.3 cm³/mol. The molecule has 1 N–H and O–H groups in total. The first-order valence-corrected chi connectivity index (χ1v) is 6.18. The van der Waals surface area contributed by atoms with Crippen molar-refractivity contribution in [2.45, 2.75) is 20.0 Å². The van der Waals surface area contributed by atoms with Gasteiger partial charge in [0.2, 0.25) is 0 Å². The highest BCUT2D eigenvalue weighted by Gasteiger charge is 2.17. The largest absolute Gasteiger partial charge is 0.469 e. The summed E-state index contributed by atoms with van der Waals surface area (Å²) in [7, 11) is 0. The molecule has 0 fully saturated rings. The Bertz CT molecular complexity index is 473. The summed E-state index contributed by atoms with van der Waals surface area (Å²) in [5.41, 5.74) is 0.801. The molecule has 2 heterocycles. The summed E-state index contributed by atoms with van der Waals surface area (Å²) in [5, 5.41) is 10.1. The Morgan fingerprint density at radius 1 is 1.40 bits per heavy atom. The summed E-state index contributed by atoms with van der Waals surface area (Å²) in [5.74, 6) is 0.813. The zero-order chi connectivity index (χ0) is 11.0. The monoisotopic (exact) mass is 286 g/mol. The third kappa shape index (κ3) is 2.17. The molecule has 4 heteroatoms. The lowest BCUT2D eigenvalue weighted by Crippen LogP contribution is -1.95. The Labute approximate surface area is 101 Å². The summed E-state index contributed by atoms with van der Waals surface area (Å²) in [6.45, 7) is 3.89. The number of thiophene rings is 1. The molecule has 1 atom stereocenters. The lowest BCUT2D eigenvalue weighted by molar-refractivity contribution is 0.222. The molecule has 0 saturated carbocycles. The number of aliphatic hydroxyl groups is 1. The number of aliphatic hydroxyl groups excluding tert-OH is 1. The van der Waals surface area contributed by atoms with E-state index >= 15 is 0 Å². The van der Waals surface area contributed by atoms with Gasteiger partial charge in [0.05, 0.1) is 11.1 Å². The molecule has 0 aliphatic heterocycles. The van der Waals surface area contributed by atoms with Gasteiger partial charge in [-0.3, -0.25) is 0 Å². The van der Waals surface area contributed by atoms with Crippen LogP contribution in [0.1, 0.15) is 27.2 Å². The molecule has 2 nitrogen and oxygen atoms in total. The molecule has 0 aliphatic rings. The fourth-order valence-electron chi connectivity index (χ4n) is 1.45. The number of aryl methyl sites for hydroxylation is 2. The van der Waals surface area contributed by atoms with Gasteiger partial charge in [-0.25, -0.2) is 0 Å². The summed E-state index contributed by atoms with van der Waals surface area (Å²) in [4.78, 5) is 2.10. The van der Waals surface area contributed by atoms with Gasteiger partial charge in [0.25, 0.3) is 0 Å². The van der Waals surface area contributed by atoms with Crippen molar-refractivity contribution in [1.82, 2.24) is 0 Å². The quantitative estimate of drug-likeness (QED) is 0.911. The van der Waals surface area contributed by atoms with Crippen LogP contribution in [0.5, 0.6) is 0 Å². The van der Waals surface area contributed by atoms with Gasteiger partial charge < -0.3 is 9.52 Å². The lowest BCUT2D eigenvalue weighted by atomic mass is 10.1. The van der Waals surface area contributed by atoms with Crippen molar-refractivity contribution in [3.63, 3.8) is 0 Å². The van der Waals surface area contributed by atoms with E-state index < -0.39 is 6.10 Å². The molecular formula is C11H11BrO2S. The first-order chi connectivity index (χ1) is 7.08. The topological polar surface area (TPSA) is 33.4 Å². The number of hydrogen-bond donors (Lipinski definition) is 1. The molecule has 0 saturated heterocycles. The van der Waals surface area contributed by atoms with Crippen LogP contribution in [-0.4, -0.2) is 5.11 Å². The van der Waals surface area contributed by atoms with Crippen molar-refractivity contribution in [3.05, 3.63) is 43.9 Å². The highest BCUT2D eigenvalue weighted by atomic mass is 79.9. The third-order valence-corrected chi connectivity index (χ3v) is 4.17. The second kappa shape index (κ2) is 4.12. The van der Waals surface area contributed by atoms with Crippen LogP contribution in [-0.2, 0) is 0 Å². The van der Waals surface area contributed by atoms with E-state index in [4.69, 9.17) is 4.42 Å². The molecule has 0 aromatic carbocycles. The average Bonchev–Trinajstić information content (AvgIpc) is 2.71. The van der Waals surface area contributed by atoms with Crippen LogP contribution in [0.3, 0.4) is 0 Å². The van der Waals surface area contributed by atoms with E-state index in [1.807, 2.05) is 26.0 Å². The predicted octanol–water partition coefficient (Wildman–Crippen LogP) is 3.80. The van der Waals surface area contributed by atoms with Crippen LogP contribution >= 0.6 is 27.3 Å². The van der Waals surface area contributed by atoms with Crippen molar-refractivity contribution >= 4 is 27.3 Å². The van der Waals surface area contributed by atoms with Gasteiger partial charge in [-0.2, -0.15) is 0 Å². The highest BCUT2D eigenvalue weighted by molar-refractivity contribution is 9.10. The Hall–Kier alpha value is -0.580. The second-order valence-corrected chi connectivity index (χ2v) is 5.60. The molecular weight excluding hydrogens is 276 g/mol. The van der Waals surface area contributed by atoms with E-state index in [1.54, 1.807) is 17.6 Å². The summed E-state index contributed by atoms with van der Waals surface area (Å²) >= 11 is 5.03. The van der Waals surface area contributed by atoms with Crippen molar-refractivity contribution < 1.29 is 9.52 Å². The van der Waals surface area contributed by atoms with E-state index in [0.29, 0.717) is 0 Å². The molecule has 2 aromatic heterocycles. The molecule has 0 radical (unpaired) electrons. The fraction of sp³-hybridized carbons (Fsp3) is 0.273. The van der Waals surface area contributed by atoms with E-state index in [-0.39, 0.29) is 0 Å². The van der Waals surface area contributed by atoms with Crippen LogP contribution in [0.4, 0.5) is 0 Å². The fourth-order valence-corrected chi connectivity index (χ4v) is 3.33. The van der Waals surface area contributed by atoms with Gasteiger partial charge in [-0.05, 0) is 41.9 Å². The first kappa shape index (κ1) is 10.9. The van der Waals surface area contributed by atoms with Crippen molar-refractivity contribution in [1.29, 1.82) is 0 Å². The maximum absolute atomic E-state index is 10.1. The minimum atomic E-state index is -0.601. The molecule has 0 amide bonds. The molecule has 0 aliphatic carbocycles. The zero-order valence-electron chi connectivity index (χ0n) is 8.45. The minimum absolute atomic E-state index is 0.601. The van der Waals surface area contributed by atoms with Crippen molar-refractivity contribution in [2.24, 2.45) is 0 Å². The molecule has 80 valence electrons. The summed E-state index contributed by atoms with van der Waals surface area (Å²) < 4.78 is 6.14. The lowest BCUT2D eigenvalue weighted by Gasteiger charge is -2.05.